The Balaban J connectivity index is 1.41. The minimum Gasteiger partial charge on any atom is -0.465 e. The molecule has 3 rings (SSSR count). The highest BCUT2D eigenvalue weighted by atomic mass is 16.6. The summed E-state index contributed by atoms with van der Waals surface area (Å²) >= 11 is 0. The number of nitro groups is 1. The van der Waals surface area contributed by atoms with Crippen molar-refractivity contribution in [2.75, 3.05) is 44.7 Å². The number of nitro benzene ring substituents is 1. The van der Waals surface area contributed by atoms with Crippen LogP contribution in [-0.4, -0.2) is 61.5 Å². The van der Waals surface area contributed by atoms with Gasteiger partial charge in [0.25, 0.3) is 5.69 Å². The molecule has 2 aromatic rings. The van der Waals surface area contributed by atoms with Crippen molar-refractivity contribution in [2.45, 2.75) is 6.54 Å². The molecule has 1 amide bonds. The van der Waals surface area contributed by atoms with Gasteiger partial charge in [-0.3, -0.25) is 19.8 Å². The van der Waals surface area contributed by atoms with Crippen LogP contribution in [0.2, 0.25) is 0 Å². The summed E-state index contributed by atoms with van der Waals surface area (Å²) in [7, 11) is 1.34. The molecule has 0 atom stereocenters. The van der Waals surface area contributed by atoms with E-state index >= 15 is 0 Å². The monoisotopic (exact) mass is 412 g/mol. The van der Waals surface area contributed by atoms with Gasteiger partial charge in [0.1, 0.15) is 0 Å². The molecule has 2 aromatic carbocycles. The number of esters is 1. The summed E-state index contributed by atoms with van der Waals surface area (Å²) in [6.07, 6.45) is 0. The van der Waals surface area contributed by atoms with Crippen molar-refractivity contribution in [2.24, 2.45) is 0 Å². The van der Waals surface area contributed by atoms with E-state index in [0.29, 0.717) is 18.7 Å². The molecule has 1 N–H and O–H groups in total. The zero-order chi connectivity index (χ0) is 21.5. The van der Waals surface area contributed by atoms with Crippen LogP contribution in [-0.2, 0) is 16.1 Å². The van der Waals surface area contributed by atoms with Crippen molar-refractivity contribution in [1.82, 2.24) is 10.2 Å². The maximum Gasteiger partial charge on any atom is 0.337 e. The number of non-ortho nitro benzene ring substituents is 1. The molecule has 0 unspecified atom stereocenters. The molecule has 0 saturated carbocycles. The highest BCUT2D eigenvalue weighted by Crippen LogP contribution is 2.20. The van der Waals surface area contributed by atoms with Gasteiger partial charge in [-0.25, -0.2) is 4.79 Å². The Morgan fingerprint density at radius 3 is 2.23 bits per heavy atom. The van der Waals surface area contributed by atoms with E-state index in [1.54, 1.807) is 36.4 Å². The molecule has 0 spiro atoms. The summed E-state index contributed by atoms with van der Waals surface area (Å²) in [4.78, 5) is 38.3. The van der Waals surface area contributed by atoms with E-state index in [1.165, 1.54) is 19.2 Å². The quantitative estimate of drug-likeness (QED) is 0.420. The third kappa shape index (κ3) is 5.54. The summed E-state index contributed by atoms with van der Waals surface area (Å²) in [5.74, 6) is -0.450. The van der Waals surface area contributed by atoms with E-state index in [4.69, 9.17) is 0 Å². The number of benzene rings is 2. The molecule has 0 aromatic heterocycles. The van der Waals surface area contributed by atoms with Gasteiger partial charge in [-0.2, -0.15) is 0 Å². The molecule has 1 fully saturated rings. The average Bonchev–Trinajstić information content (AvgIpc) is 2.78. The van der Waals surface area contributed by atoms with E-state index in [2.05, 4.69) is 19.9 Å². The molecule has 1 aliphatic rings. The van der Waals surface area contributed by atoms with Crippen molar-refractivity contribution in [3.8, 4) is 0 Å². The number of nitrogens with zero attached hydrogens (tertiary/aromatic N) is 3. The molecule has 1 heterocycles. The van der Waals surface area contributed by atoms with Crippen LogP contribution in [0.15, 0.2) is 48.5 Å². The first-order chi connectivity index (χ1) is 14.5. The van der Waals surface area contributed by atoms with Crippen LogP contribution in [0.3, 0.4) is 0 Å². The number of nitrogens with one attached hydrogen (secondary N) is 1. The Hall–Kier alpha value is -3.46. The SMILES string of the molecule is COC(=O)c1ccc(CNC(=O)CN2CCN(c3ccc([N+](=O)[O-])cc3)CC2)cc1. The lowest BCUT2D eigenvalue weighted by Crippen LogP contribution is -2.49. The number of carbonyl (C=O) groups excluding carboxylic acids is 2. The molecule has 0 radical (unpaired) electrons. The topological polar surface area (TPSA) is 105 Å². The van der Waals surface area contributed by atoms with Crippen LogP contribution in [0, 0.1) is 10.1 Å². The van der Waals surface area contributed by atoms with Gasteiger partial charge in [0, 0.05) is 50.5 Å². The third-order valence-electron chi connectivity index (χ3n) is 5.03. The minimum atomic E-state index is -0.409. The smallest absolute Gasteiger partial charge is 0.337 e. The Morgan fingerprint density at radius 1 is 1.03 bits per heavy atom. The Bertz CT molecular complexity index is 891. The number of hydrogen-bond donors (Lipinski definition) is 1. The number of methoxy groups -OCH3 is 1. The molecule has 1 saturated heterocycles. The van der Waals surface area contributed by atoms with E-state index in [0.717, 1.165) is 37.4 Å². The normalized spacial score (nSPS) is 14.2. The van der Waals surface area contributed by atoms with E-state index in [1.807, 2.05) is 0 Å². The molecular formula is C21H24N4O5. The number of carbonyl (C=O) groups is 2. The predicted octanol–water partition coefficient (Wildman–Crippen LogP) is 1.82. The van der Waals surface area contributed by atoms with Crippen LogP contribution < -0.4 is 10.2 Å². The van der Waals surface area contributed by atoms with Crippen molar-refractivity contribution >= 4 is 23.3 Å². The first-order valence-electron chi connectivity index (χ1n) is 9.62. The summed E-state index contributed by atoms with van der Waals surface area (Å²) in [5, 5.41) is 13.7. The fraction of sp³-hybridized carbons (Fsp3) is 0.333. The van der Waals surface area contributed by atoms with Gasteiger partial charge in [0.2, 0.25) is 5.91 Å². The Kier molecular flexibility index (Phi) is 6.97. The second-order valence-electron chi connectivity index (χ2n) is 7.00. The second-order valence-corrected chi connectivity index (χ2v) is 7.00. The Labute approximate surface area is 174 Å². The van der Waals surface area contributed by atoms with Gasteiger partial charge >= 0.3 is 5.97 Å². The van der Waals surface area contributed by atoms with Gasteiger partial charge in [0.05, 0.1) is 24.1 Å². The van der Waals surface area contributed by atoms with Crippen molar-refractivity contribution < 1.29 is 19.2 Å². The number of anilines is 1. The van der Waals surface area contributed by atoms with Gasteiger partial charge in [-0.1, -0.05) is 12.1 Å². The van der Waals surface area contributed by atoms with Crippen molar-refractivity contribution in [3.63, 3.8) is 0 Å². The molecule has 30 heavy (non-hydrogen) atoms. The highest BCUT2D eigenvalue weighted by molar-refractivity contribution is 5.89. The van der Waals surface area contributed by atoms with Crippen LogP contribution in [0.5, 0.6) is 0 Å². The zero-order valence-corrected chi connectivity index (χ0v) is 16.7. The van der Waals surface area contributed by atoms with E-state index < -0.39 is 10.9 Å². The molecule has 9 nitrogen and oxygen atoms in total. The van der Waals surface area contributed by atoms with Gasteiger partial charge < -0.3 is 15.0 Å². The number of ether oxygens (including phenoxy) is 1. The summed E-state index contributed by atoms with van der Waals surface area (Å²) in [6.45, 7) is 3.67. The zero-order valence-electron chi connectivity index (χ0n) is 16.7. The largest absolute Gasteiger partial charge is 0.465 e. The van der Waals surface area contributed by atoms with Crippen LogP contribution >= 0.6 is 0 Å². The standard InChI is InChI=1S/C21H24N4O5/c1-30-21(27)17-4-2-16(3-5-17)14-22-20(26)15-23-10-12-24(13-11-23)18-6-8-19(9-7-18)25(28)29/h2-9H,10-15H2,1H3,(H,22,26). The highest BCUT2D eigenvalue weighted by Gasteiger charge is 2.19. The second kappa shape index (κ2) is 9.84. The van der Waals surface area contributed by atoms with Crippen molar-refractivity contribution in [3.05, 3.63) is 69.8 Å². The molecule has 1 aliphatic heterocycles. The fourth-order valence-electron chi connectivity index (χ4n) is 3.29. The molecule has 0 aliphatic carbocycles. The molecule has 0 bridgehead atoms. The first kappa shape index (κ1) is 21.3. The minimum absolute atomic E-state index is 0.0594. The molecular weight excluding hydrogens is 388 g/mol. The van der Waals surface area contributed by atoms with Crippen molar-refractivity contribution in [1.29, 1.82) is 0 Å². The predicted molar refractivity (Wildman–Crippen MR) is 111 cm³/mol. The first-order valence-corrected chi connectivity index (χ1v) is 9.62. The molecule has 158 valence electrons. The summed E-state index contributed by atoms with van der Waals surface area (Å²) < 4.78 is 4.66. The number of piperazine rings is 1. The van der Waals surface area contributed by atoms with Gasteiger partial charge in [-0.15, -0.1) is 0 Å². The van der Waals surface area contributed by atoms with Crippen LogP contribution in [0.4, 0.5) is 11.4 Å². The summed E-state index contributed by atoms with van der Waals surface area (Å²) in [5.41, 5.74) is 2.39. The fourth-order valence-corrected chi connectivity index (χ4v) is 3.29. The lowest BCUT2D eigenvalue weighted by Gasteiger charge is -2.35. The maximum atomic E-state index is 12.3. The van der Waals surface area contributed by atoms with Crippen LogP contribution in [0.25, 0.3) is 0 Å². The lowest BCUT2D eigenvalue weighted by molar-refractivity contribution is -0.384. The van der Waals surface area contributed by atoms with Gasteiger partial charge in [-0.05, 0) is 29.8 Å². The molecule has 9 heteroatoms. The summed E-state index contributed by atoms with van der Waals surface area (Å²) in [6, 6.07) is 13.4. The number of hydrogen-bond acceptors (Lipinski definition) is 7. The van der Waals surface area contributed by atoms with E-state index in [-0.39, 0.29) is 11.6 Å². The van der Waals surface area contributed by atoms with Gasteiger partial charge in [0.15, 0.2) is 0 Å². The van der Waals surface area contributed by atoms with Crippen LogP contribution in [0.1, 0.15) is 15.9 Å². The Morgan fingerprint density at radius 2 is 1.67 bits per heavy atom. The number of amides is 1. The number of rotatable bonds is 7. The van der Waals surface area contributed by atoms with E-state index in [9.17, 15) is 19.7 Å². The lowest BCUT2D eigenvalue weighted by atomic mass is 10.1. The average molecular weight is 412 g/mol. The third-order valence-corrected chi connectivity index (χ3v) is 5.03. The maximum absolute atomic E-state index is 12.3.